The van der Waals surface area contributed by atoms with Crippen LogP contribution >= 0.6 is 0 Å². The van der Waals surface area contributed by atoms with Crippen molar-refractivity contribution in [2.45, 2.75) is 32.8 Å². The zero-order valence-corrected chi connectivity index (χ0v) is 6.43. The molecule has 0 saturated carbocycles. The number of nitrogens with zero attached hydrogens (tertiary/aromatic N) is 1. The van der Waals surface area contributed by atoms with Gasteiger partial charge in [-0.2, -0.15) is 0 Å². The molecule has 60 valence electrons. The highest BCUT2D eigenvalue weighted by Crippen LogP contribution is 2.09. The van der Waals surface area contributed by atoms with Crippen LogP contribution in [-0.2, 0) is 4.74 Å². The van der Waals surface area contributed by atoms with Crippen LogP contribution < -0.4 is 0 Å². The van der Waals surface area contributed by atoms with Gasteiger partial charge in [0.05, 0.1) is 18.6 Å². The van der Waals surface area contributed by atoms with E-state index in [1.807, 2.05) is 0 Å². The zero-order chi connectivity index (χ0) is 13.9. The smallest absolute Gasteiger partial charge is 0.0619 e. The molecule has 1 atom stereocenters. The van der Waals surface area contributed by atoms with E-state index < -0.39 is 31.7 Å². The summed E-state index contributed by atoms with van der Waals surface area (Å²) in [5.74, 6) is 0. The van der Waals surface area contributed by atoms with E-state index in [1.54, 1.807) is 13.8 Å². The van der Waals surface area contributed by atoms with E-state index in [-0.39, 0.29) is 0 Å². The van der Waals surface area contributed by atoms with E-state index in [0.717, 1.165) is 4.90 Å². The molecule has 1 unspecified atom stereocenters. The van der Waals surface area contributed by atoms with Crippen LogP contribution in [0, 0.1) is 0 Å². The van der Waals surface area contributed by atoms with Crippen LogP contribution in [0.2, 0.25) is 0 Å². The van der Waals surface area contributed by atoms with Gasteiger partial charge in [0.1, 0.15) is 0 Å². The van der Waals surface area contributed by atoms with E-state index >= 15 is 0 Å². The van der Waals surface area contributed by atoms with E-state index in [2.05, 4.69) is 4.74 Å². The lowest BCUT2D eigenvalue weighted by atomic mass is 10.2. The maximum atomic E-state index is 7.97. The quantitative estimate of drug-likeness (QED) is 0.555. The Morgan fingerprint density at radius 2 is 2.50 bits per heavy atom. The van der Waals surface area contributed by atoms with Crippen LogP contribution in [0.5, 0.6) is 0 Å². The van der Waals surface area contributed by atoms with Gasteiger partial charge in [-0.15, -0.1) is 0 Å². The van der Waals surface area contributed by atoms with Crippen molar-refractivity contribution in [3.8, 4) is 0 Å². The third-order valence-electron chi connectivity index (χ3n) is 1.29. The number of morpholine rings is 1. The molecule has 0 bridgehead atoms. The molecule has 0 radical (unpaired) electrons. The first kappa shape index (κ1) is 2.76. The van der Waals surface area contributed by atoms with Crippen molar-refractivity contribution in [3.05, 3.63) is 0 Å². The number of hydrogen-bond acceptors (Lipinski definition) is 2. The summed E-state index contributed by atoms with van der Waals surface area (Å²) in [6.07, 6.45) is 0. The molecule has 2 heteroatoms. The Hall–Kier alpha value is -0.0800. The van der Waals surface area contributed by atoms with Crippen LogP contribution in [0.1, 0.15) is 30.4 Å². The summed E-state index contributed by atoms with van der Waals surface area (Å²) in [5.41, 5.74) is 0. The second-order valence-electron chi connectivity index (χ2n) is 2.47. The van der Waals surface area contributed by atoms with Crippen molar-refractivity contribution in [1.29, 1.82) is 0 Å². The Labute approximate surface area is 73.0 Å². The minimum absolute atomic E-state index is 0.540. The van der Waals surface area contributed by atoms with Crippen molar-refractivity contribution >= 4 is 0 Å². The fraction of sp³-hybridized carbons (Fsp3) is 1.00. The molecule has 1 saturated heterocycles. The molecule has 0 aliphatic carbocycles. The monoisotopic (exact) mass is 150 g/mol. The minimum Gasteiger partial charge on any atom is -0.379 e. The van der Waals surface area contributed by atoms with Crippen LogP contribution in [0.15, 0.2) is 0 Å². The lowest BCUT2D eigenvalue weighted by Crippen LogP contribution is -2.47. The first-order valence-electron chi connectivity index (χ1n) is 6.77. The van der Waals surface area contributed by atoms with Gasteiger partial charge >= 0.3 is 0 Å². The fourth-order valence-electron chi connectivity index (χ4n) is 0.821. The minimum atomic E-state index is -2.82. The molecular weight excluding hydrogens is 126 g/mol. The molecule has 2 nitrogen and oxygen atoms in total. The van der Waals surface area contributed by atoms with E-state index in [4.69, 9.17) is 9.60 Å². The third kappa shape index (κ3) is 1.70. The van der Waals surface area contributed by atoms with Crippen molar-refractivity contribution < 1.29 is 14.3 Å². The largest absolute Gasteiger partial charge is 0.379 e. The Morgan fingerprint density at radius 3 is 3.10 bits per heavy atom. The van der Waals surface area contributed by atoms with Crippen molar-refractivity contribution in [3.63, 3.8) is 0 Å². The molecule has 1 heterocycles. The van der Waals surface area contributed by atoms with Crippen LogP contribution in [0.4, 0.5) is 0 Å². The van der Waals surface area contributed by atoms with Gasteiger partial charge in [0.25, 0.3) is 0 Å². The Morgan fingerprint density at radius 1 is 1.80 bits per heavy atom. The molecular formula is C8H17NO. The molecule has 0 aromatic heterocycles. The standard InChI is InChI=1S/C8H17NO/c1-7(2)9-4-5-10-6-8(9)3/h7-8H,4-6H2,1-3H3/i4D2,5D2,6D2,8D. The molecule has 0 spiro atoms. The summed E-state index contributed by atoms with van der Waals surface area (Å²) in [4.78, 5) is 0.865. The summed E-state index contributed by atoms with van der Waals surface area (Å²) in [7, 11) is 0. The number of ether oxygens (including phenoxy) is 1. The van der Waals surface area contributed by atoms with Gasteiger partial charge in [-0.1, -0.05) is 0 Å². The van der Waals surface area contributed by atoms with Crippen LogP contribution in [0.25, 0.3) is 0 Å². The fourth-order valence-corrected chi connectivity index (χ4v) is 0.821. The van der Waals surface area contributed by atoms with Gasteiger partial charge in [-0.05, 0) is 20.8 Å². The molecule has 1 aliphatic heterocycles. The molecule has 0 aromatic rings. The highest BCUT2D eigenvalue weighted by molar-refractivity contribution is 4.73. The van der Waals surface area contributed by atoms with Crippen molar-refractivity contribution in [2.75, 3.05) is 19.6 Å². The highest BCUT2D eigenvalue weighted by Gasteiger charge is 2.20. The molecule has 1 fully saturated rings. The zero-order valence-electron chi connectivity index (χ0n) is 13.4. The van der Waals surface area contributed by atoms with Gasteiger partial charge in [0.15, 0.2) is 0 Å². The molecule has 0 aromatic carbocycles. The van der Waals surface area contributed by atoms with Crippen molar-refractivity contribution in [1.82, 2.24) is 4.90 Å². The molecule has 1 aliphatic rings. The highest BCUT2D eigenvalue weighted by atomic mass is 16.5. The summed E-state index contributed by atoms with van der Waals surface area (Å²) < 4.78 is 58.2. The summed E-state index contributed by atoms with van der Waals surface area (Å²) in [6, 6.07) is -2.56. The first-order chi connectivity index (χ1) is 7.27. The maximum absolute atomic E-state index is 7.97. The summed E-state index contributed by atoms with van der Waals surface area (Å²) in [5, 5.41) is 0. The van der Waals surface area contributed by atoms with Crippen molar-refractivity contribution in [2.24, 2.45) is 0 Å². The average Bonchev–Trinajstić information content (AvgIpc) is 1.96. The Bertz CT molecular complexity index is 289. The summed E-state index contributed by atoms with van der Waals surface area (Å²) in [6.45, 7) is -3.65. The Kier molecular flexibility index (Phi) is 0.924. The molecule has 1 rings (SSSR count). The predicted molar refractivity (Wildman–Crippen MR) is 42.1 cm³/mol. The van der Waals surface area contributed by atoms with Gasteiger partial charge in [0.2, 0.25) is 0 Å². The SMILES string of the molecule is [2H]C1([2H])OC([2H])([2H])C([2H])(C)N(C(C)C)C1([2H])[2H]. The summed E-state index contributed by atoms with van der Waals surface area (Å²) >= 11 is 0. The lowest BCUT2D eigenvalue weighted by molar-refractivity contribution is -0.0149. The number of hydrogen-bond donors (Lipinski definition) is 0. The van der Waals surface area contributed by atoms with E-state index in [0.29, 0.717) is 0 Å². The second-order valence-corrected chi connectivity index (χ2v) is 2.47. The molecule has 0 N–H and O–H groups in total. The van der Waals surface area contributed by atoms with Gasteiger partial charge in [-0.3, -0.25) is 4.90 Å². The lowest BCUT2D eigenvalue weighted by Gasteiger charge is -2.36. The molecule has 10 heavy (non-hydrogen) atoms. The first-order valence-corrected chi connectivity index (χ1v) is 3.27. The van der Waals surface area contributed by atoms with Gasteiger partial charge in [-0.25, -0.2) is 0 Å². The second kappa shape index (κ2) is 3.35. The van der Waals surface area contributed by atoms with E-state index in [9.17, 15) is 0 Å². The topological polar surface area (TPSA) is 12.5 Å². The maximum Gasteiger partial charge on any atom is 0.0619 e. The van der Waals surface area contributed by atoms with Crippen LogP contribution in [-0.4, -0.2) is 36.6 Å². The van der Waals surface area contributed by atoms with E-state index in [1.165, 1.54) is 6.92 Å². The normalized spacial score (nSPS) is 62.2. The average molecular weight is 150 g/mol. The van der Waals surface area contributed by atoms with Gasteiger partial charge < -0.3 is 4.74 Å². The Balaban J connectivity index is 3.38. The van der Waals surface area contributed by atoms with Gasteiger partial charge in [0, 0.05) is 22.7 Å². The molecule has 0 amide bonds. The van der Waals surface area contributed by atoms with Crippen LogP contribution in [0.3, 0.4) is 0 Å². The predicted octanol–water partition coefficient (Wildman–Crippen LogP) is 1.12. The number of rotatable bonds is 1. The third-order valence-corrected chi connectivity index (χ3v) is 1.29.